The molecule has 5 heteroatoms. The maximum atomic E-state index is 12.7. The highest BCUT2D eigenvalue weighted by Crippen LogP contribution is 2.10. The van der Waals surface area contributed by atoms with Gasteiger partial charge in [-0.1, -0.05) is 24.3 Å². The Labute approximate surface area is 109 Å². The van der Waals surface area contributed by atoms with Crippen LogP contribution in [0.25, 0.3) is 0 Å². The summed E-state index contributed by atoms with van der Waals surface area (Å²) >= 11 is 0. The van der Waals surface area contributed by atoms with E-state index in [0.29, 0.717) is 5.69 Å². The summed E-state index contributed by atoms with van der Waals surface area (Å²) in [5.74, 6) is -1.56. The Balaban J connectivity index is 2.04. The van der Waals surface area contributed by atoms with Crippen molar-refractivity contribution in [2.45, 2.75) is 0 Å². The van der Waals surface area contributed by atoms with Crippen LogP contribution in [0.3, 0.4) is 0 Å². The first kappa shape index (κ1) is 12.8. The van der Waals surface area contributed by atoms with Crippen LogP contribution in [0.5, 0.6) is 0 Å². The van der Waals surface area contributed by atoms with E-state index in [4.69, 9.17) is 0 Å². The van der Waals surface area contributed by atoms with Crippen molar-refractivity contribution in [2.24, 2.45) is 5.10 Å². The van der Waals surface area contributed by atoms with Gasteiger partial charge >= 0.3 is 0 Å². The first-order valence-corrected chi connectivity index (χ1v) is 5.51. The summed E-state index contributed by atoms with van der Waals surface area (Å²) in [4.78, 5) is 10.7. The van der Waals surface area contributed by atoms with Gasteiger partial charge in [-0.25, -0.2) is 4.39 Å². The molecule has 0 atom stereocenters. The Hall–Kier alpha value is -2.69. The Kier molecular flexibility index (Phi) is 3.87. The second kappa shape index (κ2) is 5.77. The lowest BCUT2D eigenvalue weighted by molar-refractivity contribution is -0.255. The monoisotopic (exact) mass is 257 g/mol. The van der Waals surface area contributed by atoms with Crippen molar-refractivity contribution < 1.29 is 14.3 Å². The van der Waals surface area contributed by atoms with Gasteiger partial charge in [0.2, 0.25) is 0 Å². The van der Waals surface area contributed by atoms with Gasteiger partial charge in [-0.3, -0.25) is 5.43 Å². The molecule has 0 aromatic heterocycles. The van der Waals surface area contributed by atoms with Gasteiger partial charge in [0.1, 0.15) is 5.82 Å². The minimum absolute atomic E-state index is 0.0713. The molecule has 0 heterocycles. The van der Waals surface area contributed by atoms with E-state index in [-0.39, 0.29) is 11.4 Å². The number of carbonyl (C=O) groups is 1. The van der Waals surface area contributed by atoms with Crippen LogP contribution in [-0.4, -0.2) is 12.2 Å². The highest BCUT2D eigenvalue weighted by atomic mass is 19.1. The minimum atomic E-state index is -1.24. The Morgan fingerprint density at radius 3 is 2.63 bits per heavy atom. The number of carbonyl (C=O) groups excluding carboxylic acids is 1. The number of nitrogens with zero attached hydrogens (tertiary/aromatic N) is 1. The van der Waals surface area contributed by atoms with Gasteiger partial charge < -0.3 is 9.90 Å². The minimum Gasteiger partial charge on any atom is -0.545 e. The lowest BCUT2D eigenvalue weighted by atomic mass is 10.2. The topological polar surface area (TPSA) is 64.5 Å². The molecule has 1 N–H and O–H groups in total. The van der Waals surface area contributed by atoms with Crippen LogP contribution in [0.2, 0.25) is 0 Å². The summed E-state index contributed by atoms with van der Waals surface area (Å²) in [5, 5.41) is 14.6. The molecule has 4 nitrogen and oxygen atoms in total. The summed E-state index contributed by atoms with van der Waals surface area (Å²) in [5.41, 5.74) is 4.01. The SMILES string of the molecule is O=C([O-])c1cccc(N/N=C\c2ccc(F)cc2)c1. The quantitative estimate of drug-likeness (QED) is 0.669. The molecule has 96 valence electrons. The average Bonchev–Trinajstić information content (AvgIpc) is 2.41. The molecule has 2 aromatic carbocycles. The van der Waals surface area contributed by atoms with Crippen LogP contribution in [-0.2, 0) is 0 Å². The Morgan fingerprint density at radius 2 is 1.95 bits per heavy atom. The van der Waals surface area contributed by atoms with Gasteiger partial charge in [0.05, 0.1) is 17.9 Å². The molecule has 0 amide bonds. The fourth-order valence-electron chi connectivity index (χ4n) is 1.45. The number of aromatic carboxylic acids is 1. The normalized spacial score (nSPS) is 10.6. The number of carboxylic acid groups (broad SMARTS) is 1. The Bertz CT molecular complexity index is 609. The van der Waals surface area contributed by atoms with Gasteiger partial charge in [-0.05, 0) is 35.4 Å². The van der Waals surface area contributed by atoms with Crippen molar-refractivity contribution in [3.05, 3.63) is 65.5 Å². The number of hydrogen-bond donors (Lipinski definition) is 1. The third kappa shape index (κ3) is 3.64. The van der Waals surface area contributed by atoms with E-state index in [1.165, 1.54) is 30.5 Å². The third-order valence-electron chi connectivity index (χ3n) is 2.38. The molecule has 0 unspecified atom stereocenters. The summed E-state index contributed by atoms with van der Waals surface area (Å²) in [7, 11) is 0. The molecule has 0 radical (unpaired) electrons. The van der Waals surface area contributed by atoms with Crippen molar-refractivity contribution in [3.63, 3.8) is 0 Å². The number of nitrogens with one attached hydrogen (secondary N) is 1. The van der Waals surface area contributed by atoms with Crippen LogP contribution in [0.4, 0.5) is 10.1 Å². The van der Waals surface area contributed by atoms with Gasteiger partial charge in [0.25, 0.3) is 0 Å². The summed E-state index contributed by atoms with van der Waals surface area (Å²) < 4.78 is 12.7. The van der Waals surface area contributed by atoms with Crippen LogP contribution in [0, 0.1) is 5.82 Å². The van der Waals surface area contributed by atoms with Crippen molar-refractivity contribution in [2.75, 3.05) is 5.43 Å². The maximum Gasteiger partial charge on any atom is 0.123 e. The largest absolute Gasteiger partial charge is 0.545 e. The summed E-state index contributed by atoms with van der Waals surface area (Å²) in [6, 6.07) is 11.9. The number of halogens is 1. The van der Waals surface area contributed by atoms with E-state index in [1.807, 2.05) is 0 Å². The van der Waals surface area contributed by atoms with E-state index in [2.05, 4.69) is 10.5 Å². The maximum absolute atomic E-state index is 12.7. The molecule has 0 fully saturated rings. The molecule has 0 aliphatic rings. The second-order valence-electron chi connectivity index (χ2n) is 3.79. The number of rotatable bonds is 4. The van der Waals surface area contributed by atoms with Crippen molar-refractivity contribution in [1.82, 2.24) is 0 Å². The van der Waals surface area contributed by atoms with Crippen LogP contribution in [0.1, 0.15) is 15.9 Å². The smallest absolute Gasteiger partial charge is 0.123 e. The zero-order chi connectivity index (χ0) is 13.7. The summed E-state index contributed by atoms with van der Waals surface area (Å²) in [6.07, 6.45) is 1.51. The van der Waals surface area contributed by atoms with Gasteiger partial charge in [0, 0.05) is 0 Å². The number of benzene rings is 2. The number of hydrazone groups is 1. The van der Waals surface area contributed by atoms with Crippen molar-refractivity contribution in [3.8, 4) is 0 Å². The third-order valence-corrected chi connectivity index (χ3v) is 2.38. The molecule has 2 aromatic rings. The molecule has 0 saturated heterocycles. The van der Waals surface area contributed by atoms with Gasteiger partial charge in [0.15, 0.2) is 0 Å². The van der Waals surface area contributed by atoms with Gasteiger partial charge in [-0.2, -0.15) is 5.10 Å². The van der Waals surface area contributed by atoms with E-state index in [9.17, 15) is 14.3 Å². The molecule has 19 heavy (non-hydrogen) atoms. The fraction of sp³-hybridized carbons (Fsp3) is 0. The highest BCUT2D eigenvalue weighted by molar-refractivity contribution is 5.87. The zero-order valence-corrected chi connectivity index (χ0v) is 9.84. The standard InChI is InChI=1S/C14H11FN2O2/c15-12-6-4-10(5-7-12)9-16-17-13-3-1-2-11(8-13)14(18)19/h1-9,17H,(H,18,19)/p-1/b16-9-. The zero-order valence-electron chi connectivity index (χ0n) is 9.84. The van der Waals surface area contributed by atoms with Crippen molar-refractivity contribution in [1.29, 1.82) is 0 Å². The van der Waals surface area contributed by atoms with Crippen LogP contribution < -0.4 is 10.5 Å². The average molecular weight is 257 g/mol. The van der Waals surface area contributed by atoms with Crippen LogP contribution in [0.15, 0.2) is 53.6 Å². The molecule has 2 rings (SSSR count). The van der Waals surface area contributed by atoms with Crippen LogP contribution >= 0.6 is 0 Å². The molecule has 0 aliphatic heterocycles. The Morgan fingerprint density at radius 1 is 1.21 bits per heavy atom. The lowest BCUT2D eigenvalue weighted by Crippen LogP contribution is -2.22. The molecular formula is C14H10FN2O2-. The van der Waals surface area contributed by atoms with Gasteiger partial charge in [-0.15, -0.1) is 0 Å². The summed E-state index contributed by atoms with van der Waals surface area (Å²) in [6.45, 7) is 0. The first-order valence-electron chi connectivity index (χ1n) is 5.51. The van der Waals surface area contributed by atoms with E-state index in [1.54, 1.807) is 24.3 Å². The molecular weight excluding hydrogens is 247 g/mol. The van der Waals surface area contributed by atoms with E-state index < -0.39 is 5.97 Å². The number of hydrogen-bond acceptors (Lipinski definition) is 4. The van der Waals surface area contributed by atoms with Crippen molar-refractivity contribution >= 4 is 17.9 Å². The molecule has 0 bridgehead atoms. The second-order valence-corrected chi connectivity index (χ2v) is 3.79. The number of carboxylic acids is 1. The fourth-order valence-corrected chi connectivity index (χ4v) is 1.45. The van der Waals surface area contributed by atoms with E-state index >= 15 is 0 Å². The molecule has 0 spiro atoms. The predicted molar refractivity (Wildman–Crippen MR) is 68.4 cm³/mol. The molecule has 0 aliphatic carbocycles. The first-order chi connectivity index (χ1) is 9.15. The highest BCUT2D eigenvalue weighted by Gasteiger charge is 1.95. The van der Waals surface area contributed by atoms with E-state index in [0.717, 1.165) is 5.56 Å². The lowest BCUT2D eigenvalue weighted by Gasteiger charge is -2.04. The molecule has 0 saturated carbocycles. The number of anilines is 1. The predicted octanol–water partition coefficient (Wildman–Crippen LogP) is 1.64.